The largest absolute Gasteiger partial charge is 0.493 e. The fraction of sp³-hybridized carbons (Fsp3) is 0.357. The quantitative estimate of drug-likeness (QED) is 0.327. The van der Waals surface area contributed by atoms with E-state index >= 15 is 0 Å². The summed E-state index contributed by atoms with van der Waals surface area (Å²) < 4.78 is 57.7. The van der Waals surface area contributed by atoms with Gasteiger partial charge in [0.15, 0.2) is 11.5 Å². The first kappa shape index (κ1) is 26.8. The highest BCUT2D eigenvalue weighted by atomic mass is 32.2. The number of rotatable bonds is 11. The van der Waals surface area contributed by atoms with E-state index < -0.39 is 10.0 Å². The van der Waals surface area contributed by atoms with Crippen molar-refractivity contribution in [3.63, 3.8) is 0 Å². The second kappa shape index (κ2) is 11.8. The lowest BCUT2D eigenvalue weighted by Crippen LogP contribution is -2.32. The van der Waals surface area contributed by atoms with Gasteiger partial charge in [-0.2, -0.15) is 0 Å². The molecule has 3 aromatic carbocycles. The van der Waals surface area contributed by atoms with Gasteiger partial charge in [0, 0.05) is 37.0 Å². The lowest BCUT2D eigenvalue weighted by atomic mass is 10.1. The molecule has 0 bridgehead atoms. The van der Waals surface area contributed by atoms with Crippen molar-refractivity contribution in [3.8, 4) is 11.5 Å². The fourth-order valence-corrected chi connectivity index (χ4v) is 5.50. The van der Waals surface area contributed by atoms with Crippen LogP contribution in [0.5, 0.6) is 11.5 Å². The Bertz CT molecular complexity index is 1290. The zero-order valence-corrected chi connectivity index (χ0v) is 22.2. The number of halogens is 1. The molecule has 0 amide bonds. The average Bonchev–Trinajstić information content (AvgIpc) is 3.41. The highest BCUT2D eigenvalue weighted by Crippen LogP contribution is 2.37. The van der Waals surface area contributed by atoms with Gasteiger partial charge in [-0.3, -0.25) is 4.31 Å². The number of benzene rings is 3. The maximum Gasteiger partial charge on any atom is 0.234 e. The molecule has 7 nitrogen and oxygen atoms in total. The normalized spacial score (nSPS) is 15.4. The molecule has 198 valence electrons. The van der Waals surface area contributed by atoms with E-state index in [0.717, 1.165) is 23.4 Å². The summed E-state index contributed by atoms with van der Waals surface area (Å²) in [5.41, 5.74) is 3.02. The Hall–Kier alpha value is -3.30. The Morgan fingerprint density at radius 3 is 2.32 bits per heavy atom. The summed E-state index contributed by atoms with van der Waals surface area (Å²) in [5.74, 6) is 0.924. The molecule has 3 aromatic rings. The van der Waals surface area contributed by atoms with E-state index in [4.69, 9.17) is 14.2 Å². The molecule has 0 spiro atoms. The standard InChI is InChI=1S/C28H33FN2O5S/c1-4-31(37(32,33)5-2)24-11-9-23(10-12-24)30(19-21-7-6-8-22(29)17-21)25-13-14-27(34-3)28(18-25)36-26-15-16-35-20-26/h6-14,17-18,26H,4-5,15-16,19-20H2,1-3H3/t26-/m1/s1. The number of anilines is 3. The topological polar surface area (TPSA) is 68.3 Å². The van der Waals surface area contributed by atoms with Crippen LogP contribution in [-0.2, 0) is 21.3 Å². The van der Waals surface area contributed by atoms with Crippen molar-refractivity contribution in [2.75, 3.05) is 41.8 Å². The summed E-state index contributed by atoms with van der Waals surface area (Å²) in [6.45, 7) is 5.36. The molecule has 0 unspecified atom stereocenters. The summed E-state index contributed by atoms with van der Waals surface area (Å²) >= 11 is 0. The van der Waals surface area contributed by atoms with Gasteiger partial charge in [-0.15, -0.1) is 0 Å². The van der Waals surface area contributed by atoms with Crippen LogP contribution in [0.4, 0.5) is 21.5 Å². The van der Waals surface area contributed by atoms with Crippen molar-refractivity contribution in [1.82, 2.24) is 0 Å². The molecule has 1 aliphatic rings. The van der Waals surface area contributed by atoms with Gasteiger partial charge in [0.25, 0.3) is 0 Å². The Balaban J connectivity index is 1.72. The first-order valence-electron chi connectivity index (χ1n) is 12.4. The van der Waals surface area contributed by atoms with Crippen LogP contribution in [0.25, 0.3) is 0 Å². The van der Waals surface area contributed by atoms with Gasteiger partial charge in [-0.1, -0.05) is 12.1 Å². The molecule has 0 radical (unpaired) electrons. The molecular formula is C28H33FN2O5S. The Morgan fingerprint density at radius 1 is 0.973 bits per heavy atom. The molecule has 1 saturated heterocycles. The SMILES string of the molecule is CCN(c1ccc(N(Cc2cccc(F)c2)c2ccc(OC)c(O[C@@H]3CCOC3)c2)cc1)S(=O)(=O)CC. The molecular weight excluding hydrogens is 495 g/mol. The summed E-state index contributed by atoms with van der Waals surface area (Å²) in [6.07, 6.45) is 0.747. The van der Waals surface area contributed by atoms with E-state index in [2.05, 4.69) is 0 Å². The number of sulfonamides is 1. The predicted octanol–water partition coefficient (Wildman–Crippen LogP) is 5.52. The minimum Gasteiger partial charge on any atom is -0.493 e. The van der Waals surface area contributed by atoms with Crippen LogP contribution >= 0.6 is 0 Å². The number of ether oxygens (including phenoxy) is 3. The van der Waals surface area contributed by atoms with Crippen molar-refractivity contribution in [2.24, 2.45) is 0 Å². The van der Waals surface area contributed by atoms with Crippen LogP contribution in [0.15, 0.2) is 66.7 Å². The second-order valence-electron chi connectivity index (χ2n) is 8.74. The lowest BCUT2D eigenvalue weighted by molar-refractivity contribution is 0.138. The maximum atomic E-state index is 14.0. The van der Waals surface area contributed by atoms with Gasteiger partial charge < -0.3 is 19.1 Å². The molecule has 37 heavy (non-hydrogen) atoms. The maximum absolute atomic E-state index is 14.0. The van der Waals surface area contributed by atoms with Crippen LogP contribution in [0.1, 0.15) is 25.8 Å². The van der Waals surface area contributed by atoms with Gasteiger partial charge in [0.2, 0.25) is 10.0 Å². The van der Waals surface area contributed by atoms with Gasteiger partial charge in [0.1, 0.15) is 11.9 Å². The first-order valence-corrected chi connectivity index (χ1v) is 14.0. The molecule has 1 aliphatic heterocycles. The number of hydrogen-bond donors (Lipinski definition) is 0. The predicted molar refractivity (Wildman–Crippen MR) is 144 cm³/mol. The van der Waals surface area contributed by atoms with E-state index in [1.54, 1.807) is 32.2 Å². The highest BCUT2D eigenvalue weighted by molar-refractivity contribution is 7.92. The molecule has 1 atom stereocenters. The van der Waals surface area contributed by atoms with Crippen molar-refractivity contribution < 1.29 is 27.0 Å². The van der Waals surface area contributed by atoms with Crippen LogP contribution in [0.2, 0.25) is 0 Å². The van der Waals surface area contributed by atoms with Gasteiger partial charge in [-0.25, -0.2) is 12.8 Å². The summed E-state index contributed by atoms with van der Waals surface area (Å²) in [7, 11) is -1.79. The molecule has 4 rings (SSSR count). The Morgan fingerprint density at radius 2 is 1.70 bits per heavy atom. The Kier molecular flexibility index (Phi) is 8.56. The lowest BCUT2D eigenvalue weighted by Gasteiger charge is -2.28. The monoisotopic (exact) mass is 528 g/mol. The number of hydrogen-bond acceptors (Lipinski definition) is 6. The van der Waals surface area contributed by atoms with Crippen LogP contribution in [-0.4, -0.2) is 47.1 Å². The molecule has 0 aliphatic carbocycles. The average molecular weight is 529 g/mol. The minimum absolute atomic E-state index is 0.0228. The van der Waals surface area contributed by atoms with E-state index in [1.165, 1.54) is 16.4 Å². The third-order valence-electron chi connectivity index (χ3n) is 6.31. The van der Waals surface area contributed by atoms with Crippen molar-refractivity contribution in [2.45, 2.75) is 32.9 Å². The van der Waals surface area contributed by atoms with Gasteiger partial charge in [-0.05, 0) is 67.9 Å². The highest BCUT2D eigenvalue weighted by Gasteiger charge is 2.22. The third kappa shape index (κ3) is 6.34. The molecule has 9 heteroatoms. The molecule has 1 heterocycles. The summed E-state index contributed by atoms with van der Waals surface area (Å²) in [5, 5.41) is 0. The second-order valence-corrected chi connectivity index (χ2v) is 10.9. The smallest absolute Gasteiger partial charge is 0.234 e. The molecule has 0 aromatic heterocycles. The fourth-order valence-electron chi connectivity index (χ4n) is 4.35. The molecule has 0 saturated carbocycles. The molecule has 1 fully saturated rings. The van der Waals surface area contributed by atoms with Crippen molar-refractivity contribution in [3.05, 3.63) is 78.1 Å². The summed E-state index contributed by atoms with van der Waals surface area (Å²) in [4.78, 5) is 2.03. The third-order valence-corrected chi connectivity index (χ3v) is 8.18. The van der Waals surface area contributed by atoms with Crippen molar-refractivity contribution in [1.29, 1.82) is 0 Å². The van der Waals surface area contributed by atoms with E-state index in [0.29, 0.717) is 43.5 Å². The first-order chi connectivity index (χ1) is 17.8. The van der Waals surface area contributed by atoms with E-state index in [9.17, 15) is 12.8 Å². The van der Waals surface area contributed by atoms with Crippen LogP contribution < -0.4 is 18.7 Å². The zero-order valence-electron chi connectivity index (χ0n) is 21.4. The van der Waals surface area contributed by atoms with E-state index in [-0.39, 0.29) is 17.7 Å². The van der Waals surface area contributed by atoms with Gasteiger partial charge >= 0.3 is 0 Å². The molecule has 0 N–H and O–H groups in total. The minimum atomic E-state index is -3.39. The number of nitrogens with zero attached hydrogens (tertiary/aromatic N) is 2. The van der Waals surface area contributed by atoms with Crippen LogP contribution in [0, 0.1) is 5.82 Å². The summed E-state index contributed by atoms with van der Waals surface area (Å²) in [6, 6.07) is 19.5. The van der Waals surface area contributed by atoms with Gasteiger partial charge in [0.05, 0.1) is 31.8 Å². The van der Waals surface area contributed by atoms with Crippen LogP contribution in [0.3, 0.4) is 0 Å². The van der Waals surface area contributed by atoms with Crippen molar-refractivity contribution >= 4 is 27.1 Å². The van der Waals surface area contributed by atoms with E-state index in [1.807, 2.05) is 48.2 Å². The number of methoxy groups -OCH3 is 1. The Labute approximate surface area is 218 Å². The zero-order chi connectivity index (χ0) is 26.4.